The summed E-state index contributed by atoms with van der Waals surface area (Å²) in [5, 5.41) is 13.3. The van der Waals surface area contributed by atoms with Gasteiger partial charge in [-0.2, -0.15) is 0 Å². The highest BCUT2D eigenvalue weighted by Crippen LogP contribution is 2.31. The van der Waals surface area contributed by atoms with Gasteiger partial charge in [0.15, 0.2) is 4.34 Å². The normalized spacial score (nSPS) is 10.8. The number of non-ortho nitro benzene ring substituents is 1. The SMILES string of the molecule is O=C(CSc1nc2ccc([N+](=O)[O-])cc2s1)Nc1ccc(F)c(Cl)c1. The molecule has 128 valence electrons. The minimum atomic E-state index is -0.558. The van der Waals surface area contributed by atoms with E-state index in [0.717, 1.165) is 0 Å². The van der Waals surface area contributed by atoms with Gasteiger partial charge in [0.05, 0.1) is 25.9 Å². The van der Waals surface area contributed by atoms with Crippen LogP contribution in [0.1, 0.15) is 0 Å². The molecular weight excluding hydrogens is 389 g/mol. The monoisotopic (exact) mass is 397 g/mol. The summed E-state index contributed by atoms with van der Waals surface area (Å²) in [5.41, 5.74) is 1.04. The molecule has 10 heteroatoms. The molecule has 0 aliphatic carbocycles. The van der Waals surface area contributed by atoms with Crippen molar-refractivity contribution < 1.29 is 14.1 Å². The molecule has 1 heterocycles. The maximum Gasteiger partial charge on any atom is 0.270 e. The van der Waals surface area contributed by atoms with Crippen molar-refractivity contribution in [3.8, 4) is 0 Å². The molecule has 0 spiro atoms. The molecule has 3 aromatic rings. The van der Waals surface area contributed by atoms with E-state index >= 15 is 0 Å². The van der Waals surface area contributed by atoms with Gasteiger partial charge in [-0.25, -0.2) is 9.37 Å². The second-order valence-electron chi connectivity index (χ2n) is 4.85. The van der Waals surface area contributed by atoms with Gasteiger partial charge < -0.3 is 5.32 Å². The summed E-state index contributed by atoms with van der Waals surface area (Å²) in [5.74, 6) is -0.757. The first-order chi connectivity index (χ1) is 11.9. The molecule has 0 saturated carbocycles. The topological polar surface area (TPSA) is 85.1 Å². The van der Waals surface area contributed by atoms with E-state index in [-0.39, 0.29) is 22.4 Å². The van der Waals surface area contributed by atoms with Gasteiger partial charge in [0.25, 0.3) is 5.69 Å². The Kier molecular flexibility index (Phi) is 5.16. The van der Waals surface area contributed by atoms with Crippen molar-refractivity contribution in [1.29, 1.82) is 0 Å². The van der Waals surface area contributed by atoms with Crippen LogP contribution in [-0.2, 0) is 4.79 Å². The van der Waals surface area contributed by atoms with Gasteiger partial charge in [0, 0.05) is 17.8 Å². The van der Waals surface area contributed by atoms with Crippen LogP contribution in [0.2, 0.25) is 5.02 Å². The average Bonchev–Trinajstić information content (AvgIpc) is 2.98. The molecule has 0 saturated heterocycles. The van der Waals surface area contributed by atoms with E-state index in [0.29, 0.717) is 20.2 Å². The fraction of sp³-hybridized carbons (Fsp3) is 0.0667. The Balaban J connectivity index is 1.64. The number of nitrogens with zero attached hydrogens (tertiary/aromatic N) is 2. The van der Waals surface area contributed by atoms with Gasteiger partial charge in [-0.3, -0.25) is 14.9 Å². The van der Waals surface area contributed by atoms with Crippen molar-refractivity contribution in [2.45, 2.75) is 4.34 Å². The first kappa shape index (κ1) is 17.6. The maximum absolute atomic E-state index is 13.1. The lowest BCUT2D eigenvalue weighted by Gasteiger charge is -2.05. The Hall–Kier alpha value is -2.23. The second kappa shape index (κ2) is 7.34. The number of hydrogen-bond acceptors (Lipinski definition) is 6. The summed E-state index contributed by atoms with van der Waals surface area (Å²) < 4.78 is 14.4. The number of halogens is 2. The number of aromatic nitrogens is 1. The lowest BCUT2D eigenvalue weighted by atomic mass is 10.3. The summed E-state index contributed by atoms with van der Waals surface area (Å²) in [6, 6.07) is 8.34. The molecule has 1 amide bonds. The van der Waals surface area contributed by atoms with Crippen molar-refractivity contribution in [3.63, 3.8) is 0 Å². The van der Waals surface area contributed by atoms with E-state index in [4.69, 9.17) is 11.6 Å². The number of amides is 1. The van der Waals surface area contributed by atoms with E-state index in [1.165, 1.54) is 53.4 Å². The molecule has 0 bridgehead atoms. The second-order valence-corrected chi connectivity index (χ2v) is 7.51. The number of carbonyl (C=O) groups is 1. The number of nitro groups is 1. The standard InChI is InChI=1S/C15H9ClFN3O3S2/c16-10-5-8(1-3-11(10)17)18-14(21)7-24-15-19-12-4-2-9(20(22)23)6-13(12)25-15/h1-6H,7H2,(H,18,21). The quantitative estimate of drug-likeness (QED) is 0.382. The van der Waals surface area contributed by atoms with Crippen LogP contribution in [-0.4, -0.2) is 21.6 Å². The molecular formula is C15H9ClFN3O3S2. The number of thioether (sulfide) groups is 1. The third-order valence-corrected chi connectivity index (χ3v) is 5.54. The molecule has 0 aliphatic rings. The average molecular weight is 398 g/mol. The van der Waals surface area contributed by atoms with Crippen molar-refractivity contribution in [3.05, 3.63) is 57.4 Å². The van der Waals surface area contributed by atoms with Gasteiger partial charge in [0.1, 0.15) is 5.82 Å². The van der Waals surface area contributed by atoms with E-state index in [1.807, 2.05) is 0 Å². The fourth-order valence-corrected chi connectivity index (χ4v) is 4.05. The van der Waals surface area contributed by atoms with Crippen LogP contribution in [0.25, 0.3) is 10.2 Å². The van der Waals surface area contributed by atoms with Crippen LogP contribution in [0.3, 0.4) is 0 Å². The van der Waals surface area contributed by atoms with Crippen molar-refractivity contribution in [2.75, 3.05) is 11.1 Å². The first-order valence-corrected chi connectivity index (χ1v) is 9.03. The predicted molar refractivity (Wildman–Crippen MR) is 97.0 cm³/mol. The van der Waals surface area contributed by atoms with Crippen LogP contribution >= 0.6 is 34.7 Å². The molecule has 25 heavy (non-hydrogen) atoms. The summed E-state index contributed by atoms with van der Waals surface area (Å²) in [7, 11) is 0. The maximum atomic E-state index is 13.1. The number of anilines is 1. The highest BCUT2D eigenvalue weighted by Gasteiger charge is 2.12. The number of benzene rings is 2. The van der Waals surface area contributed by atoms with Crippen LogP contribution in [0.4, 0.5) is 15.8 Å². The predicted octanol–water partition coefficient (Wildman–Crippen LogP) is 4.73. The van der Waals surface area contributed by atoms with Crippen molar-refractivity contribution in [1.82, 2.24) is 4.98 Å². The lowest BCUT2D eigenvalue weighted by Crippen LogP contribution is -2.13. The molecule has 1 aromatic heterocycles. The van der Waals surface area contributed by atoms with Gasteiger partial charge in [-0.15, -0.1) is 11.3 Å². The highest BCUT2D eigenvalue weighted by molar-refractivity contribution is 8.01. The largest absolute Gasteiger partial charge is 0.325 e. The van der Waals surface area contributed by atoms with Gasteiger partial charge >= 0.3 is 0 Å². The number of nitrogens with one attached hydrogen (secondary N) is 1. The van der Waals surface area contributed by atoms with Crippen molar-refractivity contribution in [2.24, 2.45) is 0 Å². The lowest BCUT2D eigenvalue weighted by molar-refractivity contribution is -0.384. The Morgan fingerprint density at radius 2 is 2.16 bits per heavy atom. The van der Waals surface area contributed by atoms with Crippen LogP contribution in [0.15, 0.2) is 40.7 Å². The molecule has 0 radical (unpaired) electrons. The number of rotatable bonds is 5. The van der Waals surface area contributed by atoms with Gasteiger partial charge in [-0.1, -0.05) is 23.4 Å². The summed E-state index contributed by atoms with van der Waals surface area (Å²) in [6.07, 6.45) is 0. The third kappa shape index (κ3) is 4.25. The molecule has 0 fully saturated rings. The Morgan fingerprint density at radius 1 is 1.36 bits per heavy atom. The Labute approximate surface area is 154 Å². The minimum absolute atomic E-state index is 0.00127. The smallest absolute Gasteiger partial charge is 0.270 e. The van der Waals surface area contributed by atoms with Gasteiger partial charge in [0.2, 0.25) is 5.91 Å². The number of hydrogen-bond donors (Lipinski definition) is 1. The van der Waals surface area contributed by atoms with Crippen LogP contribution < -0.4 is 5.32 Å². The molecule has 3 rings (SSSR count). The molecule has 2 aromatic carbocycles. The zero-order chi connectivity index (χ0) is 18.0. The fourth-order valence-electron chi connectivity index (χ4n) is 1.97. The molecule has 1 N–H and O–H groups in total. The van der Waals surface area contributed by atoms with E-state index < -0.39 is 10.7 Å². The number of thiazole rings is 1. The summed E-state index contributed by atoms with van der Waals surface area (Å²) in [6.45, 7) is 0. The zero-order valence-corrected chi connectivity index (χ0v) is 14.8. The Morgan fingerprint density at radius 3 is 2.88 bits per heavy atom. The highest BCUT2D eigenvalue weighted by atomic mass is 35.5. The zero-order valence-electron chi connectivity index (χ0n) is 12.4. The number of nitro benzene ring substituents is 1. The van der Waals surface area contributed by atoms with E-state index in [1.54, 1.807) is 6.07 Å². The Bertz CT molecular complexity index is 980. The van der Waals surface area contributed by atoms with Crippen LogP contribution in [0, 0.1) is 15.9 Å². The van der Waals surface area contributed by atoms with E-state index in [9.17, 15) is 19.3 Å². The van der Waals surface area contributed by atoms with E-state index in [2.05, 4.69) is 10.3 Å². The molecule has 6 nitrogen and oxygen atoms in total. The number of carbonyl (C=O) groups excluding carboxylic acids is 1. The molecule has 0 unspecified atom stereocenters. The minimum Gasteiger partial charge on any atom is -0.325 e. The van der Waals surface area contributed by atoms with Crippen LogP contribution in [0.5, 0.6) is 0 Å². The van der Waals surface area contributed by atoms with Crippen molar-refractivity contribution >= 4 is 62.2 Å². The number of fused-ring (bicyclic) bond motifs is 1. The van der Waals surface area contributed by atoms with Gasteiger partial charge in [-0.05, 0) is 24.3 Å². The first-order valence-electron chi connectivity index (χ1n) is 6.85. The third-order valence-electron chi connectivity index (χ3n) is 3.09. The molecule has 0 atom stereocenters. The summed E-state index contributed by atoms with van der Waals surface area (Å²) >= 11 is 8.15. The summed E-state index contributed by atoms with van der Waals surface area (Å²) in [4.78, 5) is 26.6. The molecule has 0 aliphatic heterocycles.